The molecule has 0 aliphatic heterocycles. The van der Waals surface area contributed by atoms with Gasteiger partial charge in [0.25, 0.3) is 0 Å². The lowest BCUT2D eigenvalue weighted by Gasteiger charge is -1.91. The fraction of sp³-hybridized carbons (Fsp3) is 1.00. The van der Waals surface area contributed by atoms with Crippen LogP contribution in [0.15, 0.2) is 5.11 Å². The molecule has 6 heteroatoms. The van der Waals surface area contributed by atoms with Crippen molar-refractivity contribution in [3.05, 3.63) is 10.4 Å². The molecule has 0 amide bonds. The first-order chi connectivity index (χ1) is 4.56. The molecule has 0 aromatic heterocycles. The molecule has 58 valence electrons. The minimum atomic E-state index is -2.89. The van der Waals surface area contributed by atoms with Crippen molar-refractivity contribution in [1.82, 2.24) is 0 Å². The summed E-state index contributed by atoms with van der Waals surface area (Å²) in [5.41, 5.74) is 7.80. The van der Waals surface area contributed by atoms with Crippen molar-refractivity contribution in [2.75, 3.05) is 18.6 Å². The highest BCUT2D eigenvalue weighted by Gasteiger charge is 1.98. The van der Waals surface area contributed by atoms with Crippen molar-refractivity contribution in [2.24, 2.45) is 5.11 Å². The van der Waals surface area contributed by atoms with Gasteiger partial charge in [-0.2, -0.15) is 0 Å². The third-order valence-corrected chi connectivity index (χ3v) is 1.87. The average molecular weight is 163 g/mol. The lowest BCUT2D eigenvalue weighted by molar-refractivity contribution is 0.599. The largest absolute Gasteiger partial charge is 0.229 e. The van der Waals surface area contributed by atoms with E-state index < -0.39 is 9.84 Å². The zero-order valence-electron chi connectivity index (χ0n) is 5.69. The molecule has 0 N–H and O–H groups in total. The van der Waals surface area contributed by atoms with Gasteiger partial charge in [-0.15, -0.1) is 0 Å². The van der Waals surface area contributed by atoms with Crippen LogP contribution in [0.25, 0.3) is 10.4 Å². The van der Waals surface area contributed by atoms with Crippen molar-refractivity contribution < 1.29 is 8.42 Å². The maximum Gasteiger partial charge on any atom is 0.147 e. The Morgan fingerprint density at radius 3 is 2.60 bits per heavy atom. The van der Waals surface area contributed by atoms with Gasteiger partial charge in [0.1, 0.15) is 9.84 Å². The molecule has 0 radical (unpaired) electrons. The van der Waals surface area contributed by atoms with Gasteiger partial charge in [0, 0.05) is 17.7 Å². The lowest BCUT2D eigenvalue weighted by atomic mass is 10.5. The molecule has 0 aliphatic rings. The average Bonchev–Trinajstić information content (AvgIpc) is 1.78. The molecule has 5 nitrogen and oxygen atoms in total. The molecule has 0 saturated carbocycles. The van der Waals surface area contributed by atoms with E-state index in [0.29, 0.717) is 6.42 Å². The molecule has 0 bridgehead atoms. The monoisotopic (exact) mass is 163 g/mol. The van der Waals surface area contributed by atoms with Gasteiger partial charge in [-0.25, -0.2) is 8.42 Å². The minimum Gasteiger partial charge on any atom is -0.229 e. The molecule has 0 aliphatic carbocycles. The summed E-state index contributed by atoms with van der Waals surface area (Å²) >= 11 is 0. The first-order valence-electron chi connectivity index (χ1n) is 2.75. The summed E-state index contributed by atoms with van der Waals surface area (Å²) in [5, 5.41) is 3.19. The summed E-state index contributed by atoms with van der Waals surface area (Å²) < 4.78 is 20.9. The number of sulfone groups is 1. The van der Waals surface area contributed by atoms with Gasteiger partial charge >= 0.3 is 0 Å². The van der Waals surface area contributed by atoms with Gasteiger partial charge in [0.05, 0.1) is 5.75 Å². The predicted octanol–water partition coefficient (Wildman–Crippen LogP) is 0.731. The van der Waals surface area contributed by atoms with E-state index in [1.165, 1.54) is 0 Å². The summed E-state index contributed by atoms with van der Waals surface area (Å²) in [4.78, 5) is 2.49. The number of hydrogen-bond donors (Lipinski definition) is 0. The van der Waals surface area contributed by atoms with E-state index >= 15 is 0 Å². The van der Waals surface area contributed by atoms with Crippen LogP contribution in [0.5, 0.6) is 0 Å². The minimum absolute atomic E-state index is 0.0893. The third-order valence-electron chi connectivity index (χ3n) is 0.836. The zero-order chi connectivity index (χ0) is 8.04. The molecule has 0 rings (SSSR count). The first kappa shape index (κ1) is 9.26. The summed E-state index contributed by atoms with van der Waals surface area (Å²) in [6.07, 6.45) is 1.56. The van der Waals surface area contributed by atoms with E-state index in [1.807, 2.05) is 0 Å². The van der Waals surface area contributed by atoms with E-state index in [0.717, 1.165) is 6.26 Å². The Kier molecular flexibility index (Phi) is 3.83. The molecular formula is C4H9N3O2S. The van der Waals surface area contributed by atoms with E-state index in [-0.39, 0.29) is 12.3 Å². The van der Waals surface area contributed by atoms with Crippen molar-refractivity contribution in [2.45, 2.75) is 6.42 Å². The second-order valence-corrected chi connectivity index (χ2v) is 4.20. The van der Waals surface area contributed by atoms with Gasteiger partial charge in [0.2, 0.25) is 0 Å². The molecule has 0 atom stereocenters. The second kappa shape index (κ2) is 4.14. The molecule has 0 fully saturated rings. The molecular weight excluding hydrogens is 154 g/mol. The number of nitrogens with zero attached hydrogens (tertiary/aromatic N) is 3. The van der Waals surface area contributed by atoms with E-state index in [1.54, 1.807) is 0 Å². The van der Waals surface area contributed by atoms with Gasteiger partial charge < -0.3 is 0 Å². The van der Waals surface area contributed by atoms with Crippen molar-refractivity contribution >= 4 is 9.84 Å². The Hall–Kier alpha value is -0.740. The van der Waals surface area contributed by atoms with Gasteiger partial charge in [0.15, 0.2) is 0 Å². The Morgan fingerprint density at radius 1 is 1.60 bits per heavy atom. The van der Waals surface area contributed by atoms with Crippen LogP contribution in [-0.2, 0) is 9.84 Å². The van der Waals surface area contributed by atoms with Crippen LogP contribution >= 0.6 is 0 Å². The maximum atomic E-state index is 10.5. The number of rotatable bonds is 4. The van der Waals surface area contributed by atoms with Gasteiger partial charge in [-0.3, -0.25) is 0 Å². The SMILES string of the molecule is CS(=O)(=O)CCCN=[N+]=[N-]. The Balaban J connectivity index is 3.48. The van der Waals surface area contributed by atoms with Crippen molar-refractivity contribution in [3.8, 4) is 0 Å². The molecule has 0 heterocycles. The quantitative estimate of drug-likeness (QED) is 0.265. The third kappa shape index (κ3) is 7.26. The molecule has 0 saturated heterocycles. The number of azide groups is 1. The molecule has 0 spiro atoms. The standard InChI is InChI=1S/C4H9N3O2S/c1-10(8,9)4-2-3-6-7-5/h2-4H2,1H3. The van der Waals surface area contributed by atoms with Crippen LogP contribution in [0.1, 0.15) is 6.42 Å². The fourth-order valence-corrected chi connectivity index (χ4v) is 1.10. The second-order valence-electron chi connectivity index (χ2n) is 1.94. The van der Waals surface area contributed by atoms with Crippen LogP contribution < -0.4 is 0 Å². The fourth-order valence-electron chi connectivity index (χ4n) is 0.442. The van der Waals surface area contributed by atoms with Crippen LogP contribution in [0.3, 0.4) is 0 Å². The Bertz CT molecular complexity index is 227. The highest BCUT2D eigenvalue weighted by molar-refractivity contribution is 7.90. The lowest BCUT2D eigenvalue weighted by Crippen LogP contribution is -2.03. The van der Waals surface area contributed by atoms with Gasteiger partial charge in [-0.05, 0) is 12.0 Å². The molecule has 10 heavy (non-hydrogen) atoms. The molecule has 0 aromatic rings. The van der Waals surface area contributed by atoms with Crippen LogP contribution in [0.4, 0.5) is 0 Å². The summed E-state index contributed by atoms with van der Waals surface area (Å²) in [7, 11) is -2.89. The van der Waals surface area contributed by atoms with Gasteiger partial charge in [-0.1, -0.05) is 5.11 Å². The maximum absolute atomic E-state index is 10.5. The molecule has 0 unspecified atom stereocenters. The van der Waals surface area contributed by atoms with Crippen LogP contribution in [0, 0.1) is 0 Å². The summed E-state index contributed by atoms with van der Waals surface area (Å²) in [6, 6.07) is 0. The first-order valence-corrected chi connectivity index (χ1v) is 4.81. The predicted molar refractivity (Wildman–Crippen MR) is 38.3 cm³/mol. The Labute approximate surface area is 59.6 Å². The zero-order valence-corrected chi connectivity index (χ0v) is 6.50. The van der Waals surface area contributed by atoms with E-state index in [9.17, 15) is 8.42 Å². The van der Waals surface area contributed by atoms with Crippen LogP contribution in [-0.4, -0.2) is 27.0 Å². The molecule has 0 aromatic carbocycles. The summed E-state index contributed by atoms with van der Waals surface area (Å²) in [6.45, 7) is 0.254. The highest BCUT2D eigenvalue weighted by atomic mass is 32.2. The van der Waals surface area contributed by atoms with Crippen LogP contribution in [0.2, 0.25) is 0 Å². The number of hydrogen-bond acceptors (Lipinski definition) is 3. The van der Waals surface area contributed by atoms with Crippen molar-refractivity contribution in [1.29, 1.82) is 0 Å². The Morgan fingerprint density at radius 2 is 2.20 bits per heavy atom. The smallest absolute Gasteiger partial charge is 0.147 e. The van der Waals surface area contributed by atoms with E-state index in [2.05, 4.69) is 10.0 Å². The normalized spacial score (nSPS) is 10.5. The van der Waals surface area contributed by atoms with E-state index in [4.69, 9.17) is 5.53 Å². The summed E-state index contributed by atoms with van der Waals surface area (Å²) in [5.74, 6) is 0.0893. The highest BCUT2D eigenvalue weighted by Crippen LogP contribution is 1.88. The van der Waals surface area contributed by atoms with Crippen molar-refractivity contribution in [3.63, 3.8) is 0 Å². The topological polar surface area (TPSA) is 82.9 Å².